The van der Waals surface area contributed by atoms with E-state index >= 15 is 0 Å². The van der Waals surface area contributed by atoms with Crippen molar-refractivity contribution in [3.63, 3.8) is 0 Å². The number of nitrogens with zero attached hydrogens (tertiary/aromatic N) is 4. The van der Waals surface area contributed by atoms with Crippen LogP contribution in [-0.4, -0.2) is 38.1 Å². The summed E-state index contributed by atoms with van der Waals surface area (Å²) >= 11 is 0. The van der Waals surface area contributed by atoms with Gasteiger partial charge in [0.2, 0.25) is 0 Å². The lowest BCUT2D eigenvalue weighted by Gasteiger charge is -2.31. The fraction of sp³-hybridized carbons (Fsp3) is 0.414. The van der Waals surface area contributed by atoms with Crippen LogP contribution in [0.4, 0.5) is 9.18 Å². The van der Waals surface area contributed by atoms with Gasteiger partial charge in [-0.1, -0.05) is 18.2 Å². The Morgan fingerprint density at radius 2 is 1.90 bits per heavy atom. The summed E-state index contributed by atoms with van der Waals surface area (Å²) in [6.45, 7) is 5.40. The van der Waals surface area contributed by atoms with Crippen molar-refractivity contribution in [3.8, 4) is 5.69 Å². The zero-order chi connectivity index (χ0) is 27.7. The van der Waals surface area contributed by atoms with E-state index in [1.807, 2.05) is 30.4 Å². The molecule has 5 rings (SSSR count). The van der Waals surface area contributed by atoms with Gasteiger partial charge in [0.1, 0.15) is 11.4 Å². The molecule has 3 heterocycles. The van der Waals surface area contributed by atoms with Crippen LogP contribution >= 0.6 is 0 Å². The van der Waals surface area contributed by atoms with Gasteiger partial charge < -0.3 is 10.1 Å². The first-order chi connectivity index (χ1) is 18.6. The number of nitrogens with one attached hydrogen (secondary N) is 1. The first-order valence-corrected chi connectivity index (χ1v) is 13.2. The number of pyridine rings is 1. The molecule has 1 aliphatic heterocycles. The smallest absolute Gasteiger partial charge is 0.407 e. The third-order valence-electron chi connectivity index (χ3n) is 7.04. The van der Waals surface area contributed by atoms with Crippen LogP contribution in [0.2, 0.25) is 0 Å². The van der Waals surface area contributed by atoms with Crippen LogP contribution in [0, 0.1) is 5.82 Å². The van der Waals surface area contributed by atoms with Gasteiger partial charge in [-0.15, -0.1) is 0 Å². The molecule has 3 aromatic rings. The van der Waals surface area contributed by atoms with Crippen molar-refractivity contribution in [2.75, 3.05) is 0 Å². The summed E-state index contributed by atoms with van der Waals surface area (Å²) in [6, 6.07) is 7.93. The van der Waals surface area contributed by atoms with E-state index in [0.717, 1.165) is 24.2 Å². The van der Waals surface area contributed by atoms with Crippen molar-refractivity contribution < 1.29 is 13.9 Å². The van der Waals surface area contributed by atoms with Crippen molar-refractivity contribution in [2.24, 2.45) is 4.99 Å². The Kier molecular flexibility index (Phi) is 7.20. The van der Waals surface area contributed by atoms with Gasteiger partial charge in [-0.2, -0.15) is 0 Å². The highest BCUT2D eigenvalue weighted by Gasteiger charge is 2.29. The fourth-order valence-electron chi connectivity index (χ4n) is 5.27. The minimum absolute atomic E-state index is 0.0348. The minimum Gasteiger partial charge on any atom is -0.444 e. The molecule has 1 fully saturated rings. The zero-order valence-electron chi connectivity index (χ0n) is 22.3. The SMILES string of the molecule is CC(C)(C)OC(=O)NC1CCC(n2c(=O)c3cc(F)cnc3n(-c3cccc(C4CC=CC=N4)c3)c2=O)CC1. The zero-order valence-corrected chi connectivity index (χ0v) is 22.3. The number of benzene rings is 1. The number of fused-ring (bicyclic) bond motifs is 1. The van der Waals surface area contributed by atoms with E-state index in [2.05, 4.69) is 15.3 Å². The van der Waals surface area contributed by atoms with Gasteiger partial charge in [-0.25, -0.2) is 23.5 Å². The average molecular weight is 534 g/mol. The summed E-state index contributed by atoms with van der Waals surface area (Å²) in [5, 5.41) is 2.92. The topological polar surface area (TPSA) is 108 Å². The summed E-state index contributed by atoms with van der Waals surface area (Å²) < 4.78 is 22.2. The highest BCUT2D eigenvalue weighted by Crippen LogP contribution is 2.29. The molecule has 0 spiro atoms. The number of dihydropyridines is 1. The lowest BCUT2D eigenvalue weighted by Crippen LogP contribution is -2.45. The first kappa shape index (κ1) is 26.5. The second-order valence-electron chi connectivity index (χ2n) is 11.0. The fourth-order valence-corrected chi connectivity index (χ4v) is 5.27. The maximum Gasteiger partial charge on any atom is 0.407 e. The molecule has 2 aliphatic rings. The average Bonchev–Trinajstić information content (AvgIpc) is 2.90. The predicted octanol–water partition coefficient (Wildman–Crippen LogP) is 4.77. The van der Waals surface area contributed by atoms with Gasteiger partial charge in [0.25, 0.3) is 5.56 Å². The summed E-state index contributed by atoms with van der Waals surface area (Å²) in [5.74, 6) is -0.654. The van der Waals surface area contributed by atoms with Crippen LogP contribution in [0.25, 0.3) is 16.7 Å². The molecular formula is C29H32FN5O4. The monoisotopic (exact) mass is 533 g/mol. The maximum atomic E-state index is 14.2. The molecule has 204 valence electrons. The molecule has 0 saturated heterocycles. The number of rotatable bonds is 4. The van der Waals surface area contributed by atoms with Crippen LogP contribution in [-0.2, 0) is 4.74 Å². The van der Waals surface area contributed by atoms with Crippen LogP contribution < -0.4 is 16.6 Å². The second kappa shape index (κ2) is 10.6. The predicted molar refractivity (Wildman–Crippen MR) is 147 cm³/mol. The summed E-state index contributed by atoms with van der Waals surface area (Å²) in [4.78, 5) is 48.4. The molecule has 0 radical (unpaired) electrons. The Labute approximate surface area is 225 Å². The van der Waals surface area contributed by atoms with Gasteiger partial charge in [0.05, 0.1) is 23.3 Å². The largest absolute Gasteiger partial charge is 0.444 e. The number of halogens is 1. The summed E-state index contributed by atoms with van der Waals surface area (Å²) in [5.41, 5.74) is -0.153. The number of ether oxygens (including phenoxy) is 1. The van der Waals surface area contributed by atoms with Crippen LogP contribution in [0.15, 0.2) is 63.3 Å². The van der Waals surface area contributed by atoms with Gasteiger partial charge >= 0.3 is 11.8 Å². The number of alkyl carbamates (subject to hydrolysis) is 1. The number of amides is 1. The van der Waals surface area contributed by atoms with Crippen molar-refractivity contribution in [2.45, 2.75) is 76.6 Å². The summed E-state index contributed by atoms with van der Waals surface area (Å²) in [7, 11) is 0. The minimum atomic E-state index is -0.654. The van der Waals surface area contributed by atoms with E-state index < -0.39 is 34.8 Å². The number of hydrogen-bond donors (Lipinski definition) is 1. The highest BCUT2D eigenvalue weighted by atomic mass is 19.1. The third-order valence-corrected chi connectivity index (χ3v) is 7.04. The molecule has 1 atom stereocenters. The maximum absolute atomic E-state index is 14.2. The highest BCUT2D eigenvalue weighted by molar-refractivity contribution is 5.76. The number of carbonyl (C=O) groups is 1. The molecular weight excluding hydrogens is 501 g/mol. The lowest BCUT2D eigenvalue weighted by molar-refractivity contribution is 0.0487. The molecule has 2 aromatic heterocycles. The van der Waals surface area contributed by atoms with E-state index in [0.29, 0.717) is 31.4 Å². The molecule has 1 aliphatic carbocycles. The molecule has 1 unspecified atom stereocenters. The molecule has 0 bridgehead atoms. The number of hydrogen-bond acceptors (Lipinski definition) is 6. The Hall–Kier alpha value is -4.08. The summed E-state index contributed by atoms with van der Waals surface area (Å²) in [6.07, 6.45) is 9.05. The molecule has 1 saturated carbocycles. The Balaban J connectivity index is 1.51. The van der Waals surface area contributed by atoms with Gasteiger partial charge in [-0.3, -0.25) is 14.4 Å². The van der Waals surface area contributed by atoms with Crippen molar-refractivity contribution in [3.05, 3.63) is 80.9 Å². The van der Waals surface area contributed by atoms with Crippen LogP contribution in [0.3, 0.4) is 0 Å². The Morgan fingerprint density at radius 3 is 2.59 bits per heavy atom. The molecule has 1 amide bonds. The van der Waals surface area contributed by atoms with E-state index in [1.165, 1.54) is 9.13 Å². The second-order valence-corrected chi connectivity index (χ2v) is 11.0. The number of aromatic nitrogens is 3. The standard InChI is InChI=1S/C29H32FN5O4/c1-29(2,3)39-27(37)33-20-10-12-21(13-11-20)35-26(36)23-16-19(30)17-32-25(23)34(28(35)38)22-8-6-7-18(15-22)24-9-4-5-14-31-24/h4-8,14-17,20-21,24H,9-13H2,1-3H3,(H,33,37). The van der Waals surface area contributed by atoms with Gasteiger partial charge in [-0.05, 0) is 82.7 Å². The van der Waals surface area contributed by atoms with Crippen molar-refractivity contribution in [1.82, 2.24) is 19.4 Å². The third kappa shape index (κ3) is 5.69. The van der Waals surface area contributed by atoms with Crippen molar-refractivity contribution in [1.29, 1.82) is 0 Å². The first-order valence-electron chi connectivity index (χ1n) is 13.2. The van der Waals surface area contributed by atoms with Crippen LogP contribution in [0.1, 0.15) is 70.5 Å². The normalized spacial score (nSPS) is 21.2. The number of allylic oxidation sites excluding steroid dienone is 1. The molecule has 39 heavy (non-hydrogen) atoms. The number of carbonyl (C=O) groups excluding carboxylic acids is 1. The number of aliphatic imine (C=N–C) groups is 1. The van der Waals surface area contributed by atoms with Gasteiger partial charge in [0.15, 0.2) is 5.65 Å². The molecule has 10 heteroatoms. The van der Waals surface area contributed by atoms with E-state index in [-0.39, 0.29) is 23.1 Å². The quantitative estimate of drug-likeness (QED) is 0.520. The molecule has 9 nitrogen and oxygen atoms in total. The molecule has 1 aromatic carbocycles. The van der Waals surface area contributed by atoms with E-state index in [9.17, 15) is 18.8 Å². The molecule has 1 N–H and O–H groups in total. The Bertz CT molecular complexity index is 1580. The van der Waals surface area contributed by atoms with E-state index in [1.54, 1.807) is 33.1 Å². The van der Waals surface area contributed by atoms with Gasteiger partial charge in [0, 0.05) is 18.3 Å². The van der Waals surface area contributed by atoms with Crippen LogP contribution in [0.5, 0.6) is 0 Å². The van der Waals surface area contributed by atoms with Crippen molar-refractivity contribution >= 4 is 23.3 Å². The van der Waals surface area contributed by atoms with E-state index in [4.69, 9.17) is 4.74 Å². The lowest BCUT2D eigenvalue weighted by atomic mass is 9.91. The Morgan fingerprint density at radius 1 is 1.13 bits per heavy atom.